The molecule has 0 aliphatic rings. The first-order chi connectivity index (χ1) is 12.4. The molecule has 0 bridgehead atoms. The summed E-state index contributed by atoms with van der Waals surface area (Å²) in [5, 5.41) is 2.86. The van der Waals surface area contributed by atoms with Gasteiger partial charge in [-0.05, 0) is 0 Å². The van der Waals surface area contributed by atoms with E-state index in [-0.39, 0.29) is 25.4 Å². The van der Waals surface area contributed by atoms with Gasteiger partial charge in [-0.1, -0.05) is 0 Å². The van der Waals surface area contributed by atoms with Crippen LogP contribution in [0.3, 0.4) is 0 Å². The van der Waals surface area contributed by atoms with E-state index in [0.29, 0.717) is 18.7 Å². The van der Waals surface area contributed by atoms with Crippen LogP contribution in [0.15, 0.2) is 30.3 Å². The predicted octanol–water partition coefficient (Wildman–Crippen LogP) is 3.57. The number of rotatable bonds is 11. The van der Waals surface area contributed by atoms with Crippen LogP contribution >= 0.6 is 7.43 Å². The van der Waals surface area contributed by atoms with Crippen LogP contribution in [-0.2, 0) is 18.4 Å². The van der Waals surface area contributed by atoms with Crippen molar-refractivity contribution in [2.24, 2.45) is 0 Å². The topological polar surface area (TPSA) is 77.1 Å². The number of nitrogens with one attached hydrogen (secondary N) is 1. The fourth-order valence-electron chi connectivity index (χ4n) is 2.96. The van der Waals surface area contributed by atoms with E-state index in [1.165, 1.54) is 6.92 Å². The zero-order chi connectivity index (χ0) is 19.7. The van der Waals surface area contributed by atoms with Crippen molar-refractivity contribution in [2.75, 3.05) is 32.6 Å². The number of carbonyl (C=O) groups is 2. The van der Waals surface area contributed by atoms with Crippen LogP contribution in [0.25, 0.3) is 0 Å². The van der Waals surface area contributed by atoms with Crippen molar-refractivity contribution in [1.29, 1.82) is 0 Å². The third-order valence-electron chi connectivity index (χ3n) is 3.89. The summed E-state index contributed by atoms with van der Waals surface area (Å²) in [6, 6.07) is 8.85. The van der Waals surface area contributed by atoms with E-state index in [0.717, 1.165) is 0 Å². The van der Waals surface area contributed by atoms with E-state index >= 15 is 0 Å². The molecule has 8 heteroatoms. The molecule has 148 valence electrons. The molecular weight excluding hydrogens is 355 g/mol. The summed E-state index contributed by atoms with van der Waals surface area (Å²) in [5.74, 6) is -0.788. The Morgan fingerprint density at radius 1 is 1.00 bits per heavy atom. The summed E-state index contributed by atoms with van der Waals surface area (Å²) in [4.78, 5) is 24.5. The summed E-state index contributed by atoms with van der Waals surface area (Å²) in [6.45, 7) is 10.5. The average Bonchev–Trinajstić information content (AvgIpc) is 2.61. The second kappa shape index (κ2) is 9.97. The summed E-state index contributed by atoms with van der Waals surface area (Å²) < 4.78 is 19.8. The van der Waals surface area contributed by atoms with Crippen LogP contribution in [0.5, 0.6) is 0 Å². The molecule has 0 aromatic heterocycles. The van der Waals surface area contributed by atoms with Gasteiger partial charge in [0.05, 0.1) is 0 Å². The van der Waals surface area contributed by atoms with Gasteiger partial charge in [-0.3, -0.25) is 0 Å². The first-order valence-electron chi connectivity index (χ1n) is 8.98. The third kappa shape index (κ3) is 5.01. The third-order valence-corrected chi connectivity index (χ3v) is 8.39. The van der Waals surface area contributed by atoms with Gasteiger partial charge in [0, 0.05) is 0 Å². The number of carbonyl (C=O) groups excluding carboxylic acids is 2. The molecule has 1 aromatic carbocycles. The molecule has 7 nitrogen and oxygen atoms in total. The molecule has 0 aliphatic carbocycles. The van der Waals surface area contributed by atoms with Crippen LogP contribution in [0.4, 0.5) is 0 Å². The Bertz CT molecular complexity index is 587. The molecule has 0 heterocycles. The second-order valence-electron chi connectivity index (χ2n) is 5.58. The molecule has 1 rings (SSSR count). The Morgan fingerprint density at radius 3 is 1.96 bits per heavy atom. The van der Waals surface area contributed by atoms with Gasteiger partial charge in [-0.15, -0.1) is 0 Å². The molecule has 0 atom stereocenters. The first-order valence-corrected chi connectivity index (χ1v) is 11.1. The normalized spacial score (nSPS) is 13.1. The van der Waals surface area contributed by atoms with Gasteiger partial charge in [0.2, 0.25) is 0 Å². The van der Waals surface area contributed by atoms with E-state index in [2.05, 4.69) is 5.32 Å². The van der Waals surface area contributed by atoms with Gasteiger partial charge in [-0.25, -0.2) is 0 Å². The van der Waals surface area contributed by atoms with E-state index in [1.807, 2.05) is 38.4 Å². The van der Waals surface area contributed by atoms with Crippen molar-refractivity contribution in [1.82, 2.24) is 9.99 Å². The SMILES string of the molecule is CCOP(CNC(=O)c1ccccc1)(OCC)(OC(C)=O)N(CC)CC. The van der Waals surface area contributed by atoms with Gasteiger partial charge in [0.15, 0.2) is 0 Å². The molecule has 0 unspecified atom stereocenters. The Morgan fingerprint density at radius 2 is 1.54 bits per heavy atom. The van der Waals surface area contributed by atoms with E-state index in [4.69, 9.17) is 13.6 Å². The minimum absolute atomic E-state index is 0.0394. The summed E-state index contributed by atoms with van der Waals surface area (Å²) in [5.41, 5.74) is 0.513. The van der Waals surface area contributed by atoms with Crippen LogP contribution in [0.2, 0.25) is 0 Å². The maximum absolute atomic E-state index is 12.6. The molecular formula is C18H31N2O5P. The number of amides is 1. The fraction of sp³-hybridized carbons (Fsp3) is 0.556. The molecule has 0 radical (unpaired) electrons. The molecule has 1 aromatic rings. The Hall–Kier alpha value is -1.53. The van der Waals surface area contributed by atoms with Crippen molar-refractivity contribution >= 4 is 19.3 Å². The fourth-order valence-corrected chi connectivity index (χ4v) is 7.06. The zero-order valence-corrected chi connectivity index (χ0v) is 17.3. The van der Waals surface area contributed by atoms with Crippen LogP contribution in [0, 0.1) is 0 Å². The van der Waals surface area contributed by atoms with Gasteiger partial charge in [0.1, 0.15) is 0 Å². The first kappa shape index (κ1) is 22.5. The number of hydrogen-bond acceptors (Lipinski definition) is 6. The summed E-state index contributed by atoms with van der Waals surface area (Å²) >= 11 is 0. The van der Waals surface area contributed by atoms with Crippen LogP contribution in [0.1, 0.15) is 45.0 Å². The summed E-state index contributed by atoms with van der Waals surface area (Å²) in [7, 11) is -4.08. The molecule has 26 heavy (non-hydrogen) atoms. The summed E-state index contributed by atoms with van der Waals surface area (Å²) in [6.07, 6.45) is -0.0394. The van der Waals surface area contributed by atoms with Crippen molar-refractivity contribution in [3.05, 3.63) is 35.9 Å². The average molecular weight is 386 g/mol. The quantitative estimate of drug-likeness (QED) is 0.586. The van der Waals surface area contributed by atoms with Gasteiger partial charge in [0.25, 0.3) is 0 Å². The molecule has 1 amide bonds. The molecule has 0 fully saturated rings. The van der Waals surface area contributed by atoms with E-state index in [9.17, 15) is 9.59 Å². The van der Waals surface area contributed by atoms with Gasteiger partial charge < -0.3 is 0 Å². The predicted molar refractivity (Wildman–Crippen MR) is 104 cm³/mol. The second-order valence-corrected chi connectivity index (χ2v) is 9.16. The van der Waals surface area contributed by atoms with Gasteiger partial charge in [-0.2, -0.15) is 0 Å². The van der Waals surface area contributed by atoms with Crippen molar-refractivity contribution in [3.63, 3.8) is 0 Å². The molecule has 0 saturated heterocycles. The van der Waals surface area contributed by atoms with Gasteiger partial charge >= 0.3 is 156 Å². The van der Waals surface area contributed by atoms with Crippen molar-refractivity contribution < 1.29 is 23.2 Å². The number of nitrogens with zero attached hydrogens (tertiary/aromatic N) is 1. The Labute approximate surface area is 156 Å². The van der Waals surface area contributed by atoms with Crippen LogP contribution < -0.4 is 5.32 Å². The minimum atomic E-state index is -4.08. The van der Waals surface area contributed by atoms with Crippen molar-refractivity contribution in [2.45, 2.75) is 34.6 Å². The Kier molecular flexibility index (Phi) is 8.63. The maximum atomic E-state index is 12.6. The number of hydrogen-bond donors (Lipinski definition) is 1. The van der Waals surface area contributed by atoms with E-state index in [1.54, 1.807) is 24.3 Å². The Balaban J connectivity index is 3.30. The molecule has 1 N–H and O–H groups in total. The zero-order valence-electron chi connectivity index (χ0n) is 16.4. The molecule has 0 aliphatic heterocycles. The van der Waals surface area contributed by atoms with Crippen LogP contribution in [-0.4, -0.2) is 49.1 Å². The molecule has 0 saturated carbocycles. The van der Waals surface area contributed by atoms with Crippen molar-refractivity contribution in [3.8, 4) is 0 Å². The van der Waals surface area contributed by atoms with E-state index < -0.39 is 13.4 Å². The standard InChI is InChI=1S/C18H31N2O5P/c1-6-20(7-2)26(23-8-3,24-9-4,25-16(5)21)15-19-18(22)17-13-11-10-12-14-17/h10-14H,6-9,15H2,1-5H3,(H,19,22). The number of benzene rings is 1. The monoisotopic (exact) mass is 386 g/mol. The molecule has 0 spiro atoms.